The Bertz CT molecular complexity index is 1280. The van der Waals surface area contributed by atoms with Crippen molar-refractivity contribution in [1.29, 1.82) is 0 Å². The molecule has 0 spiro atoms. The van der Waals surface area contributed by atoms with Gasteiger partial charge in [-0.05, 0) is 55.7 Å². The van der Waals surface area contributed by atoms with Gasteiger partial charge in [-0.15, -0.1) is 0 Å². The van der Waals surface area contributed by atoms with Gasteiger partial charge < -0.3 is 5.32 Å². The van der Waals surface area contributed by atoms with Crippen molar-refractivity contribution in [2.75, 3.05) is 4.90 Å². The molecule has 1 aliphatic heterocycles. The molecule has 5 rings (SSSR count). The summed E-state index contributed by atoms with van der Waals surface area (Å²) in [6, 6.07) is 21.4. The molecule has 0 aromatic heterocycles. The maximum absolute atomic E-state index is 14.2. The molecule has 1 aliphatic carbocycles. The number of benzene rings is 3. The van der Waals surface area contributed by atoms with E-state index in [0.29, 0.717) is 27.5 Å². The SMILES string of the molecule is CC1=Nc2ccccc2C(=O)N(C(C(=O)NC2CCCCC2)c2ccc(Cl)cc2)c2ccccc21. The number of carbonyl (C=O) groups excluding carboxylic acids is 2. The summed E-state index contributed by atoms with van der Waals surface area (Å²) < 4.78 is 0. The average molecular weight is 486 g/mol. The van der Waals surface area contributed by atoms with E-state index in [1.54, 1.807) is 23.1 Å². The van der Waals surface area contributed by atoms with Gasteiger partial charge in [0.25, 0.3) is 5.91 Å². The number of hydrogen-bond donors (Lipinski definition) is 1. The van der Waals surface area contributed by atoms with Crippen molar-refractivity contribution >= 4 is 40.5 Å². The predicted molar refractivity (Wildman–Crippen MR) is 141 cm³/mol. The molecule has 3 aromatic rings. The number of halogens is 1. The number of aliphatic imine (C=N–C) groups is 1. The fraction of sp³-hybridized carbons (Fsp3) is 0.276. The second-order valence-electron chi connectivity index (χ2n) is 9.20. The number of nitrogens with one attached hydrogen (secondary N) is 1. The first kappa shape index (κ1) is 23.3. The zero-order valence-corrected chi connectivity index (χ0v) is 20.5. The van der Waals surface area contributed by atoms with Crippen LogP contribution in [-0.4, -0.2) is 23.6 Å². The van der Waals surface area contributed by atoms with Crippen LogP contribution in [0.5, 0.6) is 0 Å². The molecular formula is C29H28ClN3O2. The van der Waals surface area contributed by atoms with Crippen LogP contribution >= 0.6 is 11.6 Å². The molecule has 1 saturated carbocycles. The van der Waals surface area contributed by atoms with Gasteiger partial charge in [-0.1, -0.05) is 73.3 Å². The molecular weight excluding hydrogens is 458 g/mol. The lowest BCUT2D eigenvalue weighted by atomic mass is 9.94. The van der Waals surface area contributed by atoms with Gasteiger partial charge in [0.05, 0.1) is 16.9 Å². The van der Waals surface area contributed by atoms with Crippen LogP contribution in [0.1, 0.15) is 66.6 Å². The summed E-state index contributed by atoms with van der Waals surface area (Å²) in [5.74, 6) is -0.446. The average Bonchev–Trinajstić information content (AvgIpc) is 2.88. The van der Waals surface area contributed by atoms with E-state index < -0.39 is 6.04 Å². The maximum atomic E-state index is 14.2. The van der Waals surface area contributed by atoms with E-state index in [1.807, 2.05) is 61.5 Å². The summed E-state index contributed by atoms with van der Waals surface area (Å²) in [5.41, 5.74) is 4.03. The molecule has 2 amide bonds. The molecule has 6 heteroatoms. The van der Waals surface area contributed by atoms with Crippen LogP contribution < -0.4 is 10.2 Å². The summed E-state index contributed by atoms with van der Waals surface area (Å²) in [6.45, 7) is 1.93. The van der Waals surface area contributed by atoms with Crippen molar-refractivity contribution in [2.45, 2.75) is 51.1 Å². The van der Waals surface area contributed by atoms with E-state index in [-0.39, 0.29) is 17.9 Å². The first-order valence-corrected chi connectivity index (χ1v) is 12.5. The molecule has 3 aromatic carbocycles. The lowest BCUT2D eigenvalue weighted by Gasteiger charge is -2.35. The minimum absolute atomic E-state index is 0.113. The summed E-state index contributed by atoms with van der Waals surface area (Å²) >= 11 is 6.18. The Labute approximate surface area is 210 Å². The van der Waals surface area contributed by atoms with Gasteiger partial charge in [0.1, 0.15) is 6.04 Å². The third-order valence-electron chi connectivity index (χ3n) is 6.84. The highest BCUT2D eigenvalue weighted by Gasteiger charge is 2.37. The predicted octanol–water partition coefficient (Wildman–Crippen LogP) is 6.63. The molecule has 1 atom stereocenters. The number of para-hydroxylation sites is 2. The largest absolute Gasteiger partial charge is 0.351 e. The quantitative estimate of drug-likeness (QED) is 0.450. The Morgan fingerprint density at radius 2 is 1.60 bits per heavy atom. The summed E-state index contributed by atoms with van der Waals surface area (Å²) in [4.78, 5) is 34.6. The normalized spacial score (nSPS) is 16.9. The van der Waals surface area contributed by atoms with Crippen LogP contribution in [0, 0.1) is 0 Å². The van der Waals surface area contributed by atoms with Crippen molar-refractivity contribution < 1.29 is 9.59 Å². The van der Waals surface area contributed by atoms with Crippen LogP contribution in [0.4, 0.5) is 11.4 Å². The number of hydrogen-bond acceptors (Lipinski definition) is 3. The minimum Gasteiger partial charge on any atom is -0.351 e. The Morgan fingerprint density at radius 3 is 2.34 bits per heavy atom. The fourth-order valence-electron chi connectivity index (χ4n) is 5.07. The molecule has 2 aliphatic rings. The van der Waals surface area contributed by atoms with Crippen molar-refractivity contribution in [3.8, 4) is 0 Å². The molecule has 5 nitrogen and oxygen atoms in total. The molecule has 1 N–H and O–H groups in total. The van der Waals surface area contributed by atoms with Crippen molar-refractivity contribution in [1.82, 2.24) is 5.32 Å². The Balaban J connectivity index is 1.68. The zero-order chi connectivity index (χ0) is 24.4. The second kappa shape index (κ2) is 10.0. The van der Waals surface area contributed by atoms with Crippen LogP contribution in [0.25, 0.3) is 0 Å². The number of fused-ring (bicyclic) bond motifs is 2. The topological polar surface area (TPSA) is 61.8 Å². The monoisotopic (exact) mass is 485 g/mol. The van der Waals surface area contributed by atoms with Gasteiger partial charge >= 0.3 is 0 Å². The van der Waals surface area contributed by atoms with Gasteiger partial charge in [-0.2, -0.15) is 0 Å². The number of carbonyl (C=O) groups is 2. The fourth-order valence-corrected chi connectivity index (χ4v) is 5.19. The molecule has 0 radical (unpaired) electrons. The van der Waals surface area contributed by atoms with Gasteiger partial charge in [0, 0.05) is 22.3 Å². The van der Waals surface area contributed by atoms with Crippen molar-refractivity contribution in [3.63, 3.8) is 0 Å². The number of amides is 2. The van der Waals surface area contributed by atoms with E-state index >= 15 is 0 Å². The molecule has 1 fully saturated rings. The lowest BCUT2D eigenvalue weighted by Crippen LogP contribution is -2.48. The zero-order valence-electron chi connectivity index (χ0n) is 19.7. The van der Waals surface area contributed by atoms with Crippen LogP contribution in [0.3, 0.4) is 0 Å². The van der Waals surface area contributed by atoms with E-state index in [9.17, 15) is 9.59 Å². The van der Waals surface area contributed by atoms with Gasteiger partial charge in [0.2, 0.25) is 5.91 Å². The number of anilines is 1. The van der Waals surface area contributed by atoms with Gasteiger partial charge in [-0.3, -0.25) is 19.5 Å². The lowest BCUT2D eigenvalue weighted by molar-refractivity contribution is -0.123. The van der Waals surface area contributed by atoms with Gasteiger partial charge in [-0.25, -0.2) is 0 Å². The molecule has 178 valence electrons. The van der Waals surface area contributed by atoms with Crippen molar-refractivity contribution in [2.24, 2.45) is 4.99 Å². The maximum Gasteiger partial charge on any atom is 0.261 e. The van der Waals surface area contributed by atoms with Crippen LogP contribution in [0.15, 0.2) is 77.8 Å². The molecule has 0 saturated heterocycles. The highest BCUT2D eigenvalue weighted by Crippen LogP contribution is 2.37. The standard InChI is InChI=1S/C29H28ClN3O2/c1-19-23-11-6-8-14-26(23)33(29(35)24-12-5-7-13-25(24)31-19)27(20-15-17-21(30)18-16-20)28(34)32-22-9-3-2-4-10-22/h5-8,11-18,22,27H,2-4,9-10H2,1H3,(H,32,34). The van der Waals surface area contributed by atoms with E-state index in [0.717, 1.165) is 37.0 Å². The summed E-state index contributed by atoms with van der Waals surface area (Å²) in [7, 11) is 0. The molecule has 35 heavy (non-hydrogen) atoms. The Morgan fingerprint density at radius 1 is 0.943 bits per heavy atom. The molecule has 1 heterocycles. The van der Waals surface area contributed by atoms with Crippen LogP contribution in [-0.2, 0) is 4.79 Å². The van der Waals surface area contributed by atoms with Crippen molar-refractivity contribution in [3.05, 3.63) is 94.5 Å². The van der Waals surface area contributed by atoms with E-state index in [2.05, 4.69) is 5.32 Å². The first-order valence-electron chi connectivity index (χ1n) is 12.2. The number of nitrogens with zero attached hydrogens (tertiary/aromatic N) is 2. The second-order valence-corrected chi connectivity index (χ2v) is 9.64. The van der Waals surface area contributed by atoms with E-state index in [1.165, 1.54) is 6.42 Å². The first-order chi connectivity index (χ1) is 17.0. The highest BCUT2D eigenvalue weighted by molar-refractivity contribution is 6.30. The van der Waals surface area contributed by atoms with E-state index in [4.69, 9.17) is 16.6 Å². The summed E-state index contributed by atoms with van der Waals surface area (Å²) in [6.07, 6.45) is 5.31. The molecule has 0 bridgehead atoms. The summed E-state index contributed by atoms with van der Waals surface area (Å²) in [5, 5.41) is 3.83. The van der Waals surface area contributed by atoms with Crippen LogP contribution in [0.2, 0.25) is 5.02 Å². The van der Waals surface area contributed by atoms with Gasteiger partial charge in [0.15, 0.2) is 0 Å². The highest BCUT2D eigenvalue weighted by atomic mass is 35.5. The third kappa shape index (κ3) is 4.73. The Hall–Kier alpha value is -3.44. The smallest absolute Gasteiger partial charge is 0.261 e. The third-order valence-corrected chi connectivity index (χ3v) is 7.09. The molecule has 1 unspecified atom stereocenters. The Kier molecular flexibility index (Phi) is 6.69. The number of rotatable bonds is 4. The minimum atomic E-state index is -0.859.